The zero-order valence-electron chi connectivity index (χ0n) is 19.8. The first kappa shape index (κ1) is 27.1. The number of halogens is 4. The maximum absolute atomic E-state index is 13.4. The predicted octanol–water partition coefficient (Wildman–Crippen LogP) is 5.71. The number of anilines is 1. The number of alkyl halides is 3. The molecule has 3 rings (SSSR count). The lowest BCUT2D eigenvalue weighted by atomic mass is 9.83. The molecule has 2 aromatic rings. The van der Waals surface area contributed by atoms with Crippen LogP contribution in [-0.4, -0.2) is 32.2 Å². The Balaban J connectivity index is 1.96. The van der Waals surface area contributed by atoms with Gasteiger partial charge in [-0.25, -0.2) is 8.42 Å². The van der Waals surface area contributed by atoms with E-state index in [2.05, 4.69) is 5.32 Å². The molecule has 1 aliphatic heterocycles. The van der Waals surface area contributed by atoms with Gasteiger partial charge >= 0.3 is 6.18 Å². The van der Waals surface area contributed by atoms with Crippen molar-refractivity contribution < 1.29 is 31.1 Å². The lowest BCUT2D eigenvalue weighted by molar-refractivity contribution is -0.137. The van der Waals surface area contributed by atoms with E-state index in [0.29, 0.717) is 35.4 Å². The number of benzene rings is 2. The van der Waals surface area contributed by atoms with Gasteiger partial charge in [0.1, 0.15) is 17.4 Å². The number of carbonyl (C=O) groups excluding carboxylic acids is 1. The third kappa shape index (κ3) is 5.69. The van der Waals surface area contributed by atoms with Crippen molar-refractivity contribution in [3.8, 4) is 5.75 Å². The van der Waals surface area contributed by atoms with Gasteiger partial charge in [0.2, 0.25) is 15.9 Å². The summed E-state index contributed by atoms with van der Waals surface area (Å²) < 4.78 is 72.3. The van der Waals surface area contributed by atoms with Crippen molar-refractivity contribution >= 4 is 33.2 Å². The summed E-state index contributed by atoms with van der Waals surface area (Å²) in [4.78, 5) is 13.3. The molecular formula is C24H28ClF3N2O4S. The Kier molecular flexibility index (Phi) is 7.67. The SMILES string of the molecule is CCC1(CC)C[C@@H](NC(=O)[C@H](C)N(c2ccc(Cl)c(C(F)(F)F)c2)S(C)(=O)=O)c2ccccc2O1. The average Bonchev–Trinajstić information content (AvgIpc) is 2.78. The van der Waals surface area contributed by atoms with Crippen LogP contribution in [0.25, 0.3) is 0 Å². The Morgan fingerprint density at radius 1 is 1.23 bits per heavy atom. The summed E-state index contributed by atoms with van der Waals surface area (Å²) in [5.41, 5.74) is -1.26. The van der Waals surface area contributed by atoms with Gasteiger partial charge in [-0.2, -0.15) is 13.2 Å². The Morgan fingerprint density at radius 2 is 1.86 bits per heavy atom. The Labute approximate surface area is 208 Å². The molecule has 0 spiro atoms. The van der Waals surface area contributed by atoms with E-state index >= 15 is 0 Å². The summed E-state index contributed by atoms with van der Waals surface area (Å²) in [7, 11) is -4.13. The number of rotatable bonds is 7. The van der Waals surface area contributed by atoms with E-state index in [1.807, 2.05) is 38.1 Å². The number of nitrogens with zero attached hydrogens (tertiary/aromatic N) is 1. The third-order valence-electron chi connectivity index (χ3n) is 6.40. The van der Waals surface area contributed by atoms with Crippen molar-refractivity contribution in [2.45, 2.75) is 63.9 Å². The van der Waals surface area contributed by atoms with Crippen molar-refractivity contribution in [3.05, 3.63) is 58.6 Å². The number of fused-ring (bicyclic) bond motifs is 1. The number of amides is 1. The average molecular weight is 533 g/mol. The first-order valence-corrected chi connectivity index (χ1v) is 13.4. The largest absolute Gasteiger partial charge is 0.487 e. The molecule has 35 heavy (non-hydrogen) atoms. The Morgan fingerprint density at radius 3 is 2.43 bits per heavy atom. The molecule has 0 aromatic heterocycles. The van der Waals surface area contributed by atoms with Gasteiger partial charge in [0.05, 0.1) is 28.6 Å². The molecule has 0 saturated carbocycles. The Hall–Kier alpha value is -2.46. The molecule has 1 heterocycles. The highest BCUT2D eigenvalue weighted by atomic mass is 35.5. The fraction of sp³-hybridized carbons (Fsp3) is 0.458. The molecule has 0 aliphatic carbocycles. The van der Waals surface area contributed by atoms with Crippen LogP contribution in [0.1, 0.15) is 57.2 Å². The van der Waals surface area contributed by atoms with Gasteiger partial charge in [0.15, 0.2) is 0 Å². The van der Waals surface area contributed by atoms with Crippen LogP contribution in [0.2, 0.25) is 5.02 Å². The fourth-order valence-electron chi connectivity index (χ4n) is 4.40. The number of sulfonamides is 1. The monoisotopic (exact) mass is 532 g/mol. The van der Waals surface area contributed by atoms with E-state index in [0.717, 1.165) is 24.0 Å². The van der Waals surface area contributed by atoms with Crippen LogP contribution >= 0.6 is 11.6 Å². The van der Waals surface area contributed by atoms with Gasteiger partial charge in [-0.15, -0.1) is 0 Å². The molecule has 0 bridgehead atoms. The normalized spacial score (nSPS) is 18.2. The van der Waals surface area contributed by atoms with Gasteiger partial charge in [-0.1, -0.05) is 43.6 Å². The van der Waals surface area contributed by atoms with Gasteiger partial charge in [-0.3, -0.25) is 9.10 Å². The van der Waals surface area contributed by atoms with Crippen molar-refractivity contribution in [2.24, 2.45) is 0 Å². The minimum absolute atomic E-state index is 0.310. The summed E-state index contributed by atoms with van der Waals surface area (Å²) in [5.74, 6) is -0.0189. The van der Waals surface area contributed by atoms with E-state index in [1.54, 1.807) is 0 Å². The zero-order chi connectivity index (χ0) is 26.2. The molecule has 1 aliphatic rings. The maximum atomic E-state index is 13.4. The van der Waals surface area contributed by atoms with Crippen LogP contribution in [0.5, 0.6) is 5.75 Å². The van der Waals surface area contributed by atoms with Crippen LogP contribution in [0.4, 0.5) is 18.9 Å². The molecule has 2 atom stereocenters. The number of ether oxygens (including phenoxy) is 1. The second-order valence-electron chi connectivity index (χ2n) is 8.69. The number of hydrogen-bond acceptors (Lipinski definition) is 4. The summed E-state index contributed by atoms with van der Waals surface area (Å²) in [5, 5.41) is 2.34. The lowest BCUT2D eigenvalue weighted by Gasteiger charge is -2.42. The zero-order valence-corrected chi connectivity index (χ0v) is 21.4. The summed E-state index contributed by atoms with van der Waals surface area (Å²) in [6.45, 7) is 5.31. The molecule has 1 amide bonds. The van der Waals surface area contributed by atoms with Crippen LogP contribution < -0.4 is 14.4 Å². The molecule has 0 radical (unpaired) electrons. The van der Waals surface area contributed by atoms with Gasteiger partial charge in [0.25, 0.3) is 0 Å². The highest BCUT2D eigenvalue weighted by molar-refractivity contribution is 7.92. The van der Waals surface area contributed by atoms with Gasteiger partial charge in [0, 0.05) is 12.0 Å². The highest BCUT2D eigenvalue weighted by Crippen LogP contribution is 2.43. The second-order valence-corrected chi connectivity index (χ2v) is 11.0. The van der Waals surface area contributed by atoms with Crippen molar-refractivity contribution in [2.75, 3.05) is 10.6 Å². The molecule has 0 fully saturated rings. The minimum Gasteiger partial charge on any atom is -0.487 e. The first-order chi connectivity index (χ1) is 16.2. The quantitative estimate of drug-likeness (QED) is 0.495. The molecule has 11 heteroatoms. The summed E-state index contributed by atoms with van der Waals surface area (Å²) in [6.07, 6.45) is -2.10. The number of carbonyl (C=O) groups is 1. The van der Waals surface area contributed by atoms with E-state index in [-0.39, 0.29) is 5.69 Å². The molecule has 6 nitrogen and oxygen atoms in total. The predicted molar refractivity (Wildman–Crippen MR) is 129 cm³/mol. The Bertz CT molecular complexity index is 1200. The summed E-state index contributed by atoms with van der Waals surface area (Å²) >= 11 is 5.69. The molecule has 0 unspecified atom stereocenters. The third-order valence-corrected chi connectivity index (χ3v) is 7.97. The molecule has 0 saturated heterocycles. The van der Waals surface area contributed by atoms with Crippen LogP contribution in [0.15, 0.2) is 42.5 Å². The molecular weight excluding hydrogens is 505 g/mol. The first-order valence-electron chi connectivity index (χ1n) is 11.2. The van der Waals surface area contributed by atoms with Gasteiger partial charge in [-0.05, 0) is 44.0 Å². The molecule has 2 aromatic carbocycles. The number of hydrogen-bond donors (Lipinski definition) is 1. The van der Waals surface area contributed by atoms with Crippen LogP contribution in [0.3, 0.4) is 0 Å². The summed E-state index contributed by atoms with van der Waals surface area (Å²) in [6, 6.07) is 8.22. The minimum atomic E-state index is -4.79. The van der Waals surface area contributed by atoms with E-state index in [9.17, 15) is 26.4 Å². The van der Waals surface area contributed by atoms with Crippen LogP contribution in [0, 0.1) is 0 Å². The molecule has 192 valence electrons. The molecule has 1 N–H and O–H groups in total. The number of para-hydroxylation sites is 1. The smallest absolute Gasteiger partial charge is 0.417 e. The highest BCUT2D eigenvalue weighted by Gasteiger charge is 2.41. The van der Waals surface area contributed by atoms with E-state index < -0.39 is 50.4 Å². The standard InChI is InChI=1S/C24H28ClF3N2O4S/c1-5-23(6-2)14-20(17-9-7-8-10-21(17)34-23)29-22(31)15(3)30(35(4,32)33)16-11-12-19(25)18(13-16)24(26,27)28/h7-13,15,20H,5-6,14H2,1-4H3,(H,29,31)/t15-,20+/m0/s1. The van der Waals surface area contributed by atoms with Crippen molar-refractivity contribution in [1.82, 2.24) is 5.32 Å². The topological polar surface area (TPSA) is 75.7 Å². The van der Waals surface area contributed by atoms with Crippen molar-refractivity contribution in [1.29, 1.82) is 0 Å². The lowest BCUT2D eigenvalue weighted by Crippen LogP contribution is -2.51. The second kappa shape index (κ2) is 9.89. The van der Waals surface area contributed by atoms with E-state index in [4.69, 9.17) is 16.3 Å². The van der Waals surface area contributed by atoms with Crippen LogP contribution in [-0.2, 0) is 21.0 Å². The number of nitrogens with one attached hydrogen (secondary N) is 1. The van der Waals surface area contributed by atoms with E-state index in [1.165, 1.54) is 6.92 Å². The fourth-order valence-corrected chi connectivity index (χ4v) is 5.79. The maximum Gasteiger partial charge on any atom is 0.417 e. The van der Waals surface area contributed by atoms with Crippen molar-refractivity contribution in [3.63, 3.8) is 0 Å². The van der Waals surface area contributed by atoms with Gasteiger partial charge < -0.3 is 10.1 Å².